The van der Waals surface area contributed by atoms with Crippen LogP contribution in [0.3, 0.4) is 0 Å². The van der Waals surface area contributed by atoms with Crippen LogP contribution in [0.1, 0.15) is 18.9 Å². The van der Waals surface area contributed by atoms with Gasteiger partial charge in [0.2, 0.25) is 0 Å². The number of aliphatic hydroxyl groups excluding tert-OH is 1. The maximum Gasteiger partial charge on any atom is 0.134 e. The van der Waals surface area contributed by atoms with Gasteiger partial charge in [-0.15, -0.1) is 0 Å². The lowest BCUT2D eigenvalue weighted by atomic mass is 10.2. The number of anilines is 1. The van der Waals surface area contributed by atoms with E-state index in [-0.39, 0.29) is 6.61 Å². The van der Waals surface area contributed by atoms with Crippen LogP contribution in [0.25, 0.3) is 0 Å². The van der Waals surface area contributed by atoms with Gasteiger partial charge in [-0.2, -0.15) is 0 Å². The molecule has 0 atom stereocenters. The first-order valence-corrected chi connectivity index (χ1v) is 7.02. The van der Waals surface area contributed by atoms with Crippen LogP contribution in [-0.2, 0) is 6.61 Å². The summed E-state index contributed by atoms with van der Waals surface area (Å²) in [6.45, 7) is 5.02. The predicted molar refractivity (Wildman–Crippen MR) is 78.9 cm³/mol. The highest BCUT2D eigenvalue weighted by molar-refractivity contribution is 9.10. The topological polar surface area (TPSA) is 39.6 Å². The molecule has 0 aliphatic rings. The van der Waals surface area contributed by atoms with Gasteiger partial charge in [0.1, 0.15) is 5.82 Å². The molecule has 0 aliphatic heterocycles. The highest BCUT2D eigenvalue weighted by Gasteiger charge is 2.12. The van der Waals surface area contributed by atoms with Crippen molar-refractivity contribution in [3.8, 4) is 0 Å². The van der Waals surface area contributed by atoms with E-state index in [4.69, 9.17) is 0 Å². The molecule has 5 heteroatoms. The van der Waals surface area contributed by atoms with Crippen LogP contribution in [0.15, 0.2) is 16.7 Å². The van der Waals surface area contributed by atoms with Crippen molar-refractivity contribution in [1.29, 1.82) is 0 Å². The van der Waals surface area contributed by atoms with Crippen molar-refractivity contribution in [3.05, 3.63) is 22.3 Å². The van der Waals surface area contributed by atoms with Crippen molar-refractivity contribution in [2.24, 2.45) is 0 Å². The lowest BCUT2D eigenvalue weighted by molar-refractivity contribution is 0.281. The minimum absolute atomic E-state index is 0.0178. The van der Waals surface area contributed by atoms with Crippen molar-refractivity contribution in [3.63, 3.8) is 0 Å². The molecule has 1 N–H and O–H groups in total. The molecule has 0 aromatic carbocycles. The Balaban J connectivity index is 2.89. The van der Waals surface area contributed by atoms with Gasteiger partial charge in [0, 0.05) is 35.9 Å². The molecule has 0 unspecified atom stereocenters. The van der Waals surface area contributed by atoms with Crippen LogP contribution < -0.4 is 4.90 Å². The monoisotopic (exact) mass is 315 g/mol. The van der Waals surface area contributed by atoms with Crippen molar-refractivity contribution in [2.75, 3.05) is 38.6 Å². The number of hydrogen-bond acceptors (Lipinski definition) is 4. The maximum absolute atomic E-state index is 9.44. The zero-order chi connectivity index (χ0) is 13.5. The summed E-state index contributed by atoms with van der Waals surface area (Å²) in [5.74, 6) is 0.893. The maximum atomic E-state index is 9.44. The Kier molecular flexibility index (Phi) is 6.60. The smallest absolute Gasteiger partial charge is 0.134 e. The van der Waals surface area contributed by atoms with Crippen LogP contribution >= 0.6 is 15.9 Å². The minimum atomic E-state index is 0.0178. The average molecular weight is 316 g/mol. The molecule has 1 aromatic heterocycles. The SMILES string of the molecule is CCCN(CCN(C)C)c1ncc(Br)cc1CO. The van der Waals surface area contributed by atoms with Crippen LogP contribution in [0.2, 0.25) is 0 Å². The largest absolute Gasteiger partial charge is 0.392 e. The van der Waals surface area contributed by atoms with Gasteiger partial charge in [0.05, 0.1) is 6.61 Å². The predicted octanol–water partition coefficient (Wildman–Crippen LogP) is 2.11. The summed E-state index contributed by atoms with van der Waals surface area (Å²) < 4.78 is 0.902. The van der Waals surface area contributed by atoms with Gasteiger partial charge in [0.25, 0.3) is 0 Å². The van der Waals surface area contributed by atoms with Gasteiger partial charge in [-0.3, -0.25) is 0 Å². The van der Waals surface area contributed by atoms with E-state index < -0.39 is 0 Å². The van der Waals surface area contributed by atoms with Crippen molar-refractivity contribution in [1.82, 2.24) is 9.88 Å². The van der Waals surface area contributed by atoms with Crippen LogP contribution in [0.4, 0.5) is 5.82 Å². The molecule has 1 aromatic rings. The van der Waals surface area contributed by atoms with E-state index in [1.807, 2.05) is 6.07 Å². The number of aromatic nitrogens is 1. The van der Waals surface area contributed by atoms with Crippen molar-refractivity contribution in [2.45, 2.75) is 20.0 Å². The number of rotatable bonds is 7. The lowest BCUT2D eigenvalue weighted by Crippen LogP contribution is -2.33. The Morgan fingerprint density at radius 2 is 2.00 bits per heavy atom. The standard InChI is InChI=1S/C13H22BrN3O/c1-4-5-17(7-6-16(2)3)13-11(10-18)8-12(14)9-15-13/h8-9,18H,4-7,10H2,1-3H3. The van der Waals surface area contributed by atoms with E-state index in [1.54, 1.807) is 6.20 Å². The lowest BCUT2D eigenvalue weighted by Gasteiger charge is -2.26. The number of pyridine rings is 1. The summed E-state index contributed by atoms with van der Waals surface area (Å²) >= 11 is 3.39. The molecule has 18 heavy (non-hydrogen) atoms. The summed E-state index contributed by atoms with van der Waals surface area (Å²) in [7, 11) is 4.12. The second-order valence-corrected chi connectivity index (χ2v) is 5.50. The molecule has 0 bridgehead atoms. The fourth-order valence-electron chi connectivity index (χ4n) is 1.79. The van der Waals surface area contributed by atoms with Crippen LogP contribution in [-0.4, -0.2) is 48.7 Å². The number of halogens is 1. The number of aliphatic hydroxyl groups is 1. The van der Waals surface area contributed by atoms with E-state index in [2.05, 4.69) is 51.7 Å². The fourth-order valence-corrected chi connectivity index (χ4v) is 2.17. The zero-order valence-electron chi connectivity index (χ0n) is 11.4. The molecular formula is C13H22BrN3O. The Bertz CT molecular complexity index is 371. The van der Waals surface area contributed by atoms with Gasteiger partial charge in [-0.1, -0.05) is 6.92 Å². The molecule has 0 aliphatic carbocycles. The van der Waals surface area contributed by atoms with E-state index in [0.29, 0.717) is 0 Å². The molecular weight excluding hydrogens is 294 g/mol. The molecule has 102 valence electrons. The second kappa shape index (κ2) is 7.71. The second-order valence-electron chi connectivity index (χ2n) is 4.58. The summed E-state index contributed by atoms with van der Waals surface area (Å²) in [6, 6.07) is 1.93. The molecule has 0 spiro atoms. The van der Waals surface area contributed by atoms with E-state index in [0.717, 1.165) is 41.9 Å². The number of likely N-dealkylation sites (N-methyl/N-ethyl adjacent to an activating group) is 1. The molecule has 1 rings (SSSR count). The quantitative estimate of drug-likeness (QED) is 0.836. The number of hydrogen-bond donors (Lipinski definition) is 1. The third-order valence-corrected chi connectivity index (χ3v) is 3.12. The Morgan fingerprint density at radius 3 is 2.56 bits per heavy atom. The summed E-state index contributed by atoms with van der Waals surface area (Å²) in [6.07, 6.45) is 2.85. The number of nitrogens with zero attached hydrogens (tertiary/aromatic N) is 3. The van der Waals surface area contributed by atoms with Gasteiger partial charge >= 0.3 is 0 Å². The fraction of sp³-hybridized carbons (Fsp3) is 0.615. The molecule has 0 saturated carbocycles. The van der Waals surface area contributed by atoms with E-state index >= 15 is 0 Å². The van der Waals surface area contributed by atoms with Crippen LogP contribution in [0.5, 0.6) is 0 Å². The van der Waals surface area contributed by atoms with E-state index in [9.17, 15) is 5.11 Å². The average Bonchev–Trinajstić information content (AvgIpc) is 2.34. The Labute approximate surface area is 118 Å². The first kappa shape index (κ1) is 15.4. The van der Waals surface area contributed by atoms with Gasteiger partial charge in [-0.05, 0) is 42.5 Å². The third kappa shape index (κ3) is 4.55. The normalized spacial score (nSPS) is 11.0. The Hall–Kier alpha value is -0.650. The first-order chi connectivity index (χ1) is 8.58. The summed E-state index contributed by atoms with van der Waals surface area (Å²) in [5.41, 5.74) is 0.872. The zero-order valence-corrected chi connectivity index (χ0v) is 12.9. The molecule has 0 saturated heterocycles. The van der Waals surface area contributed by atoms with E-state index in [1.165, 1.54) is 0 Å². The third-order valence-electron chi connectivity index (χ3n) is 2.69. The van der Waals surface area contributed by atoms with Crippen molar-refractivity contribution < 1.29 is 5.11 Å². The van der Waals surface area contributed by atoms with Crippen LogP contribution in [0, 0.1) is 0 Å². The van der Waals surface area contributed by atoms with Gasteiger partial charge in [0.15, 0.2) is 0 Å². The van der Waals surface area contributed by atoms with Gasteiger partial charge in [-0.25, -0.2) is 4.98 Å². The first-order valence-electron chi connectivity index (χ1n) is 6.23. The van der Waals surface area contributed by atoms with Crippen molar-refractivity contribution >= 4 is 21.7 Å². The minimum Gasteiger partial charge on any atom is -0.392 e. The summed E-state index contributed by atoms with van der Waals surface area (Å²) in [4.78, 5) is 8.83. The highest BCUT2D eigenvalue weighted by atomic mass is 79.9. The molecule has 0 fully saturated rings. The molecule has 0 radical (unpaired) electrons. The molecule has 1 heterocycles. The highest BCUT2D eigenvalue weighted by Crippen LogP contribution is 2.21. The molecule has 4 nitrogen and oxygen atoms in total. The van der Waals surface area contributed by atoms with Gasteiger partial charge < -0.3 is 14.9 Å². The summed E-state index contributed by atoms with van der Waals surface area (Å²) in [5, 5.41) is 9.44. The molecule has 0 amide bonds. The Morgan fingerprint density at radius 1 is 1.28 bits per heavy atom.